The second-order valence-electron chi connectivity index (χ2n) is 6.38. The Morgan fingerprint density at radius 1 is 1.04 bits per heavy atom. The average molecular weight is 365 g/mol. The number of aryl methyl sites for hydroxylation is 1. The lowest BCUT2D eigenvalue weighted by Gasteiger charge is -2.20. The van der Waals surface area contributed by atoms with Crippen molar-refractivity contribution in [3.05, 3.63) is 71.3 Å². The van der Waals surface area contributed by atoms with Crippen molar-refractivity contribution in [1.82, 2.24) is 5.32 Å². The van der Waals surface area contributed by atoms with Crippen molar-refractivity contribution in [2.24, 2.45) is 0 Å². The largest absolute Gasteiger partial charge is 0.480 e. The quantitative estimate of drug-likeness (QED) is 0.733. The fraction of sp³-hybridized carbons (Fsp3) is 0.350. The van der Waals surface area contributed by atoms with Gasteiger partial charge in [-0.2, -0.15) is 13.2 Å². The second-order valence-corrected chi connectivity index (χ2v) is 6.38. The lowest BCUT2D eigenvalue weighted by atomic mass is 10.0. The molecule has 1 unspecified atom stereocenters. The van der Waals surface area contributed by atoms with E-state index in [1.54, 1.807) is 0 Å². The van der Waals surface area contributed by atoms with Crippen molar-refractivity contribution >= 4 is 5.97 Å². The molecule has 140 valence electrons. The molecule has 2 N–H and O–H groups in total. The maximum Gasteiger partial charge on any atom is 0.416 e. The number of carbonyl (C=O) groups is 1. The first-order valence-electron chi connectivity index (χ1n) is 8.44. The zero-order chi connectivity index (χ0) is 19.2. The Kier molecular flexibility index (Phi) is 6.80. The number of carboxylic acid groups (broad SMARTS) is 1. The molecule has 0 radical (unpaired) electrons. The Balaban J connectivity index is 1.88. The number of nitrogens with one attached hydrogen (secondary N) is 1. The van der Waals surface area contributed by atoms with Crippen LogP contribution in [-0.4, -0.2) is 23.2 Å². The number of alkyl halides is 3. The van der Waals surface area contributed by atoms with Gasteiger partial charge in [0.2, 0.25) is 0 Å². The molecule has 0 bridgehead atoms. The Labute approximate surface area is 150 Å². The van der Waals surface area contributed by atoms with Crippen LogP contribution in [0, 0.1) is 0 Å². The van der Waals surface area contributed by atoms with E-state index in [0.717, 1.165) is 23.3 Å². The molecule has 0 saturated heterocycles. The minimum absolute atomic E-state index is 0.0814. The molecule has 0 aliphatic heterocycles. The molecule has 0 aliphatic carbocycles. The summed E-state index contributed by atoms with van der Waals surface area (Å²) in [5.41, 5.74) is 1.06. The van der Waals surface area contributed by atoms with E-state index in [9.17, 15) is 23.1 Å². The van der Waals surface area contributed by atoms with Crippen molar-refractivity contribution < 1.29 is 23.1 Å². The van der Waals surface area contributed by atoms with Crippen molar-refractivity contribution in [3.8, 4) is 0 Å². The maximum absolute atomic E-state index is 12.6. The van der Waals surface area contributed by atoms with Gasteiger partial charge in [-0.15, -0.1) is 0 Å². The monoisotopic (exact) mass is 365 g/mol. The van der Waals surface area contributed by atoms with Gasteiger partial charge in [0.15, 0.2) is 0 Å². The van der Waals surface area contributed by atoms with Crippen LogP contribution in [0.15, 0.2) is 54.6 Å². The van der Waals surface area contributed by atoms with E-state index in [0.29, 0.717) is 19.3 Å². The van der Waals surface area contributed by atoms with Crippen LogP contribution in [0.25, 0.3) is 0 Å². The minimum Gasteiger partial charge on any atom is -0.480 e. The normalized spacial score (nSPS) is 14.0. The van der Waals surface area contributed by atoms with Crippen LogP contribution in [-0.2, 0) is 23.8 Å². The summed E-state index contributed by atoms with van der Waals surface area (Å²) in [7, 11) is 0. The summed E-state index contributed by atoms with van der Waals surface area (Å²) in [6, 6.07) is 13.6. The zero-order valence-corrected chi connectivity index (χ0v) is 14.5. The van der Waals surface area contributed by atoms with E-state index < -0.39 is 23.8 Å². The molecular formula is C20H22F3NO2. The highest BCUT2D eigenvalue weighted by molar-refractivity contribution is 5.74. The summed E-state index contributed by atoms with van der Waals surface area (Å²) in [6.07, 6.45) is -2.76. The predicted molar refractivity (Wildman–Crippen MR) is 93.9 cm³/mol. The molecule has 2 aromatic carbocycles. The summed E-state index contributed by atoms with van der Waals surface area (Å²) < 4.78 is 37.7. The van der Waals surface area contributed by atoms with Gasteiger partial charge in [0.25, 0.3) is 0 Å². The molecule has 0 aromatic heterocycles. The van der Waals surface area contributed by atoms with Crippen molar-refractivity contribution in [2.45, 2.75) is 44.4 Å². The Hall–Kier alpha value is -2.34. The van der Waals surface area contributed by atoms with Gasteiger partial charge in [-0.05, 0) is 49.4 Å². The molecule has 2 rings (SSSR count). The number of rotatable bonds is 8. The molecular weight excluding hydrogens is 343 g/mol. The van der Waals surface area contributed by atoms with Gasteiger partial charge in [-0.1, -0.05) is 42.5 Å². The Bertz CT molecular complexity index is 699. The minimum atomic E-state index is -4.33. The van der Waals surface area contributed by atoms with Crippen LogP contribution < -0.4 is 5.32 Å². The molecule has 26 heavy (non-hydrogen) atoms. The van der Waals surface area contributed by atoms with Gasteiger partial charge in [-0.3, -0.25) is 4.79 Å². The summed E-state index contributed by atoms with van der Waals surface area (Å²) in [5.74, 6) is -0.921. The maximum atomic E-state index is 12.6. The van der Waals surface area contributed by atoms with Gasteiger partial charge in [-0.25, -0.2) is 0 Å². The van der Waals surface area contributed by atoms with E-state index in [4.69, 9.17) is 0 Å². The third kappa shape index (κ3) is 6.19. The summed E-state index contributed by atoms with van der Waals surface area (Å²) in [6.45, 7) is 1.88. The molecule has 6 heteroatoms. The molecule has 0 amide bonds. The fourth-order valence-electron chi connectivity index (χ4n) is 2.74. The molecule has 2 atom stereocenters. The van der Waals surface area contributed by atoms with Gasteiger partial charge in [0.05, 0.1) is 5.56 Å². The predicted octanol–water partition coefficient (Wildman–Crippen LogP) is 4.31. The van der Waals surface area contributed by atoms with Crippen LogP contribution in [0.2, 0.25) is 0 Å². The van der Waals surface area contributed by atoms with Gasteiger partial charge < -0.3 is 10.4 Å². The number of halogens is 3. The smallest absolute Gasteiger partial charge is 0.416 e. The summed E-state index contributed by atoms with van der Waals surface area (Å²) in [5, 5.41) is 12.5. The molecule has 2 aromatic rings. The summed E-state index contributed by atoms with van der Waals surface area (Å²) >= 11 is 0. The van der Waals surface area contributed by atoms with E-state index in [-0.39, 0.29) is 6.04 Å². The van der Waals surface area contributed by atoms with Crippen molar-refractivity contribution in [2.75, 3.05) is 0 Å². The third-order valence-corrected chi connectivity index (χ3v) is 4.21. The van der Waals surface area contributed by atoms with E-state index in [1.807, 2.05) is 37.3 Å². The summed E-state index contributed by atoms with van der Waals surface area (Å²) in [4.78, 5) is 11.5. The lowest BCUT2D eigenvalue weighted by Crippen LogP contribution is -2.43. The molecule has 0 fully saturated rings. The number of carboxylic acids is 1. The highest BCUT2D eigenvalue weighted by atomic mass is 19.4. The van der Waals surface area contributed by atoms with Gasteiger partial charge in [0, 0.05) is 6.04 Å². The van der Waals surface area contributed by atoms with Crippen molar-refractivity contribution in [3.63, 3.8) is 0 Å². The SMILES string of the molecule is CC(CCc1ccc(C(F)(F)F)cc1)N[C@H](Cc1ccccc1)C(=O)O. The van der Waals surface area contributed by atoms with Gasteiger partial charge >= 0.3 is 12.1 Å². The molecule has 0 saturated carbocycles. The van der Waals surface area contributed by atoms with E-state index >= 15 is 0 Å². The van der Waals surface area contributed by atoms with Crippen LogP contribution in [0.5, 0.6) is 0 Å². The second kappa shape index (κ2) is 8.85. The van der Waals surface area contributed by atoms with Crippen LogP contribution in [0.1, 0.15) is 30.0 Å². The lowest BCUT2D eigenvalue weighted by molar-refractivity contribution is -0.140. The third-order valence-electron chi connectivity index (χ3n) is 4.21. The highest BCUT2D eigenvalue weighted by Gasteiger charge is 2.29. The van der Waals surface area contributed by atoms with E-state index in [2.05, 4.69) is 5.32 Å². The average Bonchev–Trinajstić information content (AvgIpc) is 2.60. The van der Waals surface area contributed by atoms with Crippen LogP contribution in [0.4, 0.5) is 13.2 Å². The van der Waals surface area contributed by atoms with Gasteiger partial charge in [0.1, 0.15) is 6.04 Å². The number of hydrogen-bond acceptors (Lipinski definition) is 2. The van der Waals surface area contributed by atoms with Crippen molar-refractivity contribution in [1.29, 1.82) is 0 Å². The van der Waals surface area contributed by atoms with E-state index in [1.165, 1.54) is 12.1 Å². The Morgan fingerprint density at radius 2 is 1.65 bits per heavy atom. The van der Waals surface area contributed by atoms with Crippen LogP contribution in [0.3, 0.4) is 0 Å². The standard InChI is InChI=1S/C20H22F3NO2/c1-14(7-8-15-9-11-17(12-10-15)20(21,22)23)24-18(19(25)26)13-16-5-3-2-4-6-16/h2-6,9-12,14,18,24H,7-8,13H2,1H3,(H,25,26)/t14?,18-/m1/s1. The highest BCUT2D eigenvalue weighted by Crippen LogP contribution is 2.29. The Morgan fingerprint density at radius 3 is 2.19 bits per heavy atom. The fourth-order valence-corrected chi connectivity index (χ4v) is 2.74. The zero-order valence-electron chi connectivity index (χ0n) is 14.5. The number of aliphatic carboxylic acids is 1. The molecule has 0 heterocycles. The van der Waals surface area contributed by atoms with Crippen LogP contribution >= 0.6 is 0 Å². The number of hydrogen-bond donors (Lipinski definition) is 2. The number of benzene rings is 2. The molecule has 0 spiro atoms. The first-order chi connectivity index (χ1) is 12.3. The molecule has 0 aliphatic rings. The molecule has 3 nitrogen and oxygen atoms in total. The first-order valence-corrected chi connectivity index (χ1v) is 8.44. The topological polar surface area (TPSA) is 49.3 Å². The first kappa shape index (κ1) is 20.0.